The van der Waals surface area contributed by atoms with E-state index in [0.29, 0.717) is 50.0 Å². The Balaban J connectivity index is 1.38. The number of halogens is 2. The molecular weight excluding hydrogens is 466 g/mol. The molecule has 3 aromatic rings. The average Bonchev–Trinajstić information content (AvgIpc) is 2.88. The number of rotatable bonds is 5. The summed E-state index contributed by atoms with van der Waals surface area (Å²) in [4.78, 5) is 32.2. The maximum atomic E-state index is 15.4. The van der Waals surface area contributed by atoms with E-state index in [2.05, 4.69) is 4.98 Å². The van der Waals surface area contributed by atoms with Crippen LogP contribution >= 0.6 is 0 Å². The van der Waals surface area contributed by atoms with Crippen molar-refractivity contribution in [3.8, 4) is 11.1 Å². The monoisotopic (exact) mass is 494 g/mol. The normalized spacial score (nSPS) is 19.1. The van der Waals surface area contributed by atoms with Gasteiger partial charge in [-0.1, -0.05) is 30.3 Å². The van der Waals surface area contributed by atoms with E-state index in [0.717, 1.165) is 0 Å². The number of aromatic nitrogens is 1. The van der Waals surface area contributed by atoms with Crippen LogP contribution < -0.4 is 5.73 Å². The number of amides is 2. The number of hydrogen-bond acceptors (Lipinski definition) is 5. The number of ether oxygens (including phenoxy) is 1. The molecule has 7 nitrogen and oxygen atoms in total. The Morgan fingerprint density at radius 3 is 2.67 bits per heavy atom. The van der Waals surface area contributed by atoms with E-state index in [9.17, 15) is 9.59 Å². The molecule has 1 atom stereocenters. The quantitative estimate of drug-likeness (QED) is 0.587. The van der Waals surface area contributed by atoms with Crippen molar-refractivity contribution in [2.45, 2.75) is 31.4 Å². The molecule has 0 saturated carbocycles. The van der Waals surface area contributed by atoms with Gasteiger partial charge in [0.2, 0.25) is 11.8 Å². The van der Waals surface area contributed by atoms with E-state index >= 15 is 8.78 Å². The molecular formula is C27H28F2N4O3. The number of nitrogens with zero attached hydrogens (tertiary/aromatic N) is 3. The molecule has 2 fully saturated rings. The zero-order valence-corrected chi connectivity index (χ0v) is 20.0. The summed E-state index contributed by atoms with van der Waals surface area (Å²) in [6.45, 7) is 4.03. The number of benzene rings is 2. The third kappa shape index (κ3) is 4.33. The molecule has 0 aliphatic carbocycles. The third-order valence-corrected chi connectivity index (χ3v) is 7.38. The highest BCUT2D eigenvalue weighted by molar-refractivity contribution is 5.85. The van der Waals surface area contributed by atoms with E-state index in [1.165, 1.54) is 18.3 Å². The molecule has 2 saturated heterocycles. The second-order valence-corrected chi connectivity index (χ2v) is 9.46. The minimum atomic E-state index is -0.966. The molecule has 9 heteroatoms. The van der Waals surface area contributed by atoms with Gasteiger partial charge >= 0.3 is 0 Å². The number of fused-ring (bicyclic) bond motifs is 1. The summed E-state index contributed by atoms with van der Waals surface area (Å²) in [5, 5.41) is 0.654. The summed E-state index contributed by atoms with van der Waals surface area (Å²) in [6.07, 6.45) is 2.69. The molecule has 36 heavy (non-hydrogen) atoms. The molecule has 0 bridgehead atoms. The molecule has 1 aromatic heterocycles. The lowest BCUT2D eigenvalue weighted by Gasteiger charge is -2.48. The lowest BCUT2D eigenvalue weighted by Crippen LogP contribution is -2.59. The number of nitrogens with two attached hydrogens (primary N) is 1. The summed E-state index contributed by atoms with van der Waals surface area (Å²) in [5.74, 6) is -1.84. The smallest absolute Gasteiger partial charge is 0.248 e. The van der Waals surface area contributed by atoms with Crippen LogP contribution in [0.25, 0.3) is 22.0 Å². The molecule has 2 aliphatic heterocycles. The number of primary amides is 1. The first-order valence-electron chi connectivity index (χ1n) is 12.1. The van der Waals surface area contributed by atoms with Crippen LogP contribution in [0.4, 0.5) is 8.78 Å². The molecule has 1 unspecified atom stereocenters. The highest BCUT2D eigenvalue weighted by Gasteiger charge is 2.44. The molecule has 2 amide bonds. The Morgan fingerprint density at radius 2 is 1.97 bits per heavy atom. The Bertz CT molecular complexity index is 1320. The number of likely N-dealkylation sites (tertiary alicyclic amines) is 1. The standard InChI is InChI=1S/C27H28F2N4O3/c1-2-32-16-27(36-15-22(32)34)9-12-33(13-10-27)25(26(30)35)20-8-6-18(14-21(20)28)19-7-5-17-4-3-11-31-24(17)23(19)29/h3-8,11,14,25H,2,9-10,12-13,15-16H2,1H3,(H2,30,35). The van der Waals surface area contributed by atoms with Crippen LogP contribution in [0.5, 0.6) is 0 Å². The van der Waals surface area contributed by atoms with Crippen molar-refractivity contribution in [2.75, 3.05) is 32.8 Å². The van der Waals surface area contributed by atoms with Gasteiger partial charge in [0.1, 0.15) is 24.0 Å². The molecule has 188 valence electrons. The van der Waals surface area contributed by atoms with Crippen molar-refractivity contribution < 1.29 is 23.1 Å². The number of hydrogen-bond donors (Lipinski definition) is 1. The largest absolute Gasteiger partial charge is 0.368 e. The van der Waals surface area contributed by atoms with Gasteiger partial charge in [0.25, 0.3) is 0 Å². The van der Waals surface area contributed by atoms with E-state index in [1.54, 1.807) is 35.2 Å². The fraction of sp³-hybridized carbons (Fsp3) is 0.370. The Morgan fingerprint density at radius 1 is 1.19 bits per heavy atom. The van der Waals surface area contributed by atoms with Crippen LogP contribution in [0, 0.1) is 11.6 Å². The number of morpholine rings is 1. The predicted molar refractivity (Wildman–Crippen MR) is 131 cm³/mol. The zero-order chi connectivity index (χ0) is 25.4. The summed E-state index contributed by atoms with van der Waals surface area (Å²) in [5.41, 5.74) is 6.21. The van der Waals surface area contributed by atoms with Crippen LogP contribution in [0.15, 0.2) is 48.7 Å². The lowest BCUT2D eigenvalue weighted by molar-refractivity contribution is -0.172. The van der Waals surface area contributed by atoms with Crippen LogP contribution in [0.3, 0.4) is 0 Å². The van der Waals surface area contributed by atoms with Crippen LogP contribution in [0.1, 0.15) is 31.4 Å². The minimum Gasteiger partial charge on any atom is -0.368 e. The lowest BCUT2D eigenvalue weighted by atomic mass is 9.87. The third-order valence-electron chi connectivity index (χ3n) is 7.38. The predicted octanol–water partition coefficient (Wildman–Crippen LogP) is 3.42. The highest BCUT2D eigenvalue weighted by Crippen LogP contribution is 2.36. The summed E-state index contributed by atoms with van der Waals surface area (Å²) >= 11 is 0. The number of piperidine rings is 1. The van der Waals surface area contributed by atoms with Crippen molar-refractivity contribution in [3.05, 3.63) is 65.9 Å². The van der Waals surface area contributed by atoms with Crippen molar-refractivity contribution >= 4 is 22.7 Å². The van der Waals surface area contributed by atoms with Gasteiger partial charge in [-0.25, -0.2) is 8.78 Å². The summed E-state index contributed by atoms with van der Waals surface area (Å²) in [7, 11) is 0. The maximum absolute atomic E-state index is 15.4. The first-order valence-corrected chi connectivity index (χ1v) is 12.1. The van der Waals surface area contributed by atoms with Gasteiger partial charge in [-0.3, -0.25) is 19.5 Å². The van der Waals surface area contributed by atoms with Gasteiger partial charge in [0.15, 0.2) is 5.82 Å². The van der Waals surface area contributed by atoms with E-state index in [-0.39, 0.29) is 29.2 Å². The SMILES string of the molecule is CCN1CC2(CCN(C(C(N)=O)c3ccc(-c4ccc5cccnc5c4F)cc3F)CC2)OCC1=O. The van der Waals surface area contributed by atoms with Gasteiger partial charge < -0.3 is 15.4 Å². The first kappa shape index (κ1) is 24.3. The molecule has 3 heterocycles. The number of carbonyl (C=O) groups excluding carboxylic acids is 2. The molecule has 0 radical (unpaired) electrons. The molecule has 1 spiro atoms. The highest BCUT2D eigenvalue weighted by atomic mass is 19.1. The van der Waals surface area contributed by atoms with Gasteiger partial charge in [-0.2, -0.15) is 0 Å². The Labute approximate surface area is 207 Å². The van der Waals surface area contributed by atoms with E-state index < -0.39 is 29.2 Å². The second kappa shape index (κ2) is 9.55. The van der Waals surface area contributed by atoms with Crippen LogP contribution in [0.2, 0.25) is 0 Å². The number of pyridine rings is 1. The topological polar surface area (TPSA) is 88.8 Å². The van der Waals surface area contributed by atoms with Crippen molar-refractivity contribution in [1.29, 1.82) is 0 Å². The molecule has 2 N–H and O–H groups in total. The fourth-order valence-corrected chi connectivity index (χ4v) is 5.35. The maximum Gasteiger partial charge on any atom is 0.248 e. The van der Waals surface area contributed by atoms with Gasteiger partial charge in [0.05, 0.1) is 5.60 Å². The van der Waals surface area contributed by atoms with Crippen LogP contribution in [-0.2, 0) is 14.3 Å². The first-order chi connectivity index (χ1) is 17.3. The average molecular weight is 495 g/mol. The summed E-state index contributed by atoms with van der Waals surface area (Å²) < 4.78 is 36.4. The van der Waals surface area contributed by atoms with Crippen molar-refractivity contribution in [1.82, 2.24) is 14.8 Å². The van der Waals surface area contributed by atoms with Crippen molar-refractivity contribution in [3.63, 3.8) is 0 Å². The number of carbonyl (C=O) groups is 2. The van der Waals surface area contributed by atoms with E-state index in [1.807, 2.05) is 11.8 Å². The van der Waals surface area contributed by atoms with E-state index in [4.69, 9.17) is 10.5 Å². The Kier molecular flexibility index (Phi) is 6.44. The zero-order valence-electron chi connectivity index (χ0n) is 20.0. The molecule has 5 rings (SSSR count). The molecule has 2 aromatic carbocycles. The van der Waals surface area contributed by atoms with Gasteiger partial charge in [-0.05, 0) is 37.5 Å². The summed E-state index contributed by atoms with van der Waals surface area (Å²) in [6, 6.07) is 10.2. The van der Waals surface area contributed by atoms with Gasteiger partial charge in [0, 0.05) is 48.9 Å². The minimum absolute atomic E-state index is 0.0265. The van der Waals surface area contributed by atoms with Crippen LogP contribution in [-0.4, -0.2) is 65.0 Å². The number of likely N-dealkylation sites (N-methyl/N-ethyl adjacent to an activating group) is 1. The fourth-order valence-electron chi connectivity index (χ4n) is 5.35. The molecule has 2 aliphatic rings. The Hall–Kier alpha value is -3.43. The van der Waals surface area contributed by atoms with Gasteiger partial charge in [-0.15, -0.1) is 0 Å². The van der Waals surface area contributed by atoms with Crippen molar-refractivity contribution in [2.24, 2.45) is 5.73 Å². The second-order valence-electron chi connectivity index (χ2n) is 9.46.